The SMILES string of the molecule is COc1ccc2nc(CC3CCN(C(=O)OC(C)(C)C)CC3)[nH]c2c1. The minimum absolute atomic E-state index is 0.207. The fourth-order valence-corrected chi connectivity index (χ4v) is 3.18. The van der Waals surface area contributed by atoms with E-state index in [1.54, 1.807) is 7.11 Å². The van der Waals surface area contributed by atoms with Crippen LogP contribution in [-0.2, 0) is 11.2 Å². The smallest absolute Gasteiger partial charge is 0.410 e. The molecule has 0 spiro atoms. The molecule has 1 N–H and O–H groups in total. The van der Waals surface area contributed by atoms with Crippen LogP contribution in [0.15, 0.2) is 18.2 Å². The van der Waals surface area contributed by atoms with Crippen molar-refractivity contribution in [3.63, 3.8) is 0 Å². The first kappa shape index (κ1) is 17.6. The summed E-state index contributed by atoms with van der Waals surface area (Å²) >= 11 is 0. The molecule has 1 aromatic heterocycles. The molecule has 0 saturated carbocycles. The maximum atomic E-state index is 12.1. The number of carbonyl (C=O) groups is 1. The number of carbonyl (C=O) groups excluding carboxylic acids is 1. The van der Waals surface area contributed by atoms with Crippen molar-refractivity contribution in [3.8, 4) is 5.75 Å². The Morgan fingerprint density at radius 2 is 2.04 bits per heavy atom. The third-order valence-corrected chi connectivity index (χ3v) is 4.49. The third-order valence-electron chi connectivity index (χ3n) is 4.49. The van der Waals surface area contributed by atoms with Crippen molar-refractivity contribution in [2.75, 3.05) is 20.2 Å². The topological polar surface area (TPSA) is 67.4 Å². The lowest BCUT2D eigenvalue weighted by molar-refractivity contribution is 0.0184. The van der Waals surface area contributed by atoms with E-state index >= 15 is 0 Å². The zero-order valence-corrected chi connectivity index (χ0v) is 15.5. The van der Waals surface area contributed by atoms with Gasteiger partial charge >= 0.3 is 6.09 Å². The molecule has 2 heterocycles. The molecule has 2 aromatic rings. The molecular weight excluding hydrogens is 318 g/mol. The molecule has 1 aromatic carbocycles. The molecule has 1 saturated heterocycles. The fraction of sp³-hybridized carbons (Fsp3) is 0.579. The molecule has 25 heavy (non-hydrogen) atoms. The zero-order valence-electron chi connectivity index (χ0n) is 15.5. The van der Waals surface area contributed by atoms with Gasteiger partial charge in [-0.05, 0) is 51.7 Å². The number of benzene rings is 1. The number of hydrogen-bond donors (Lipinski definition) is 1. The average molecular weight is 345 g/mol. The summed E-state index contributed by atoms with van der Waals surface area (Å²) in [4.78, 5) is 22.0. The van der Waals surface area contributed by atoms with Gasteiger partial charge in [-0.3, -0.25) is 0 Å². The van der Waals surface area contributed by atoms with E-state index in [4.69, 9.17) is 9.47 Å². The van der Waals surface area contributed by atoms with Crippen molar-refractivity contribution in [1.29, 1.82) is 0 Å². The summed E-state index contributed by atoms with van der Waals surface area (Å²) in [5, 5.41) is 0. The Hall–Kier alpha value is -2.24. The number of piperidine rings is 1. The summed E-state index contributed by atoms with van der Waals surface area (Å²) in [6.45, 7) is 7.18. The first-order valence-electron chi connectivity index (χ1n) is 8.84. The van der Waals surface area contributed by atoms with Crippen LogP contribution in [0.25, 0.3) is 11.0 Å². The minimum Gasteiger partial charge on any atom is -0.497 e. The predicted molar refractivity (Wildman–Crippen MR) is 96.9 cm³/mol. The molecule has 6 heteroatoms. The maximum absolute atomic E-state index is 12.1. The third kappa shape index (κ3) is 4.44. The van der Waals surface area contributed by atoms with Gasteiger partial charge in [-0.15, -0.1) is 0 Å². The molecule has 0 unspecified atom stereocenters. The van der Waals surface area contributed by atoms with Crippen LogP contribution in [0.5, 0.6) is 5.75 Å². The number of amides is 1. The van der Waals surface area contributed by atoms with Crippen molar-refractivity contribution in [2.24, 2.45) is 5.92 Å². The van der Waals surface area contributed by atoms with Gasteiger partial charge in [-0.1, -0.05) is 0 Å². The molecule has 0 aliphatic carbocycles. The molecule has 1 aliphatic heterocycles. The number of fused-ring (bicyclic) bond motifs is 1. The Bertz CT molecular complexity index is 740. The highest BCUT2D eigenvalue weighted by atomic mass is 16.6. The van der Waals surface area contributed by atoms with Crippen LogP contribution in [-0.4, -0.2) is 46.8 Å². The lowest BCUT2D eigenvalue weighted by Crippen LogP contribution is -2.42. The predicted octanol–water partition coefficient (Wildman–Crippen LogP) is 3.76. The van der Waals surface area contributed by atoms with Crippen molar-refractivity contribution in [2.45, 2.75) is 45.6 Å². The maximum Gasteiger partial charge on any atom is 0.410 e. The summed E-state index contributed by atoms with van der Waals surface area (Å²) in [7, 11) is 1.66. The summed E-state index contributed by atoms with van der Waals surface area (Å²) < 4.78 is 10.7. The van der Waals surface area contributed by atoms with Gasteiger partial charge < -0.3 is 19.4 Å². The number of aromatic amines is 1. The zero-order chi connectivity index (χ0) is 18.0. The molecule has 0 radical (unpaired) electrons. The summed E-state index contributed by atoms with van der Waals surface area (Å²) in [5.41, 5.74) is 1.52. The number of H-pyrrole nitrogens is 1. The number of ether oxygens (including phenoxy) is 2. The summed E-state index contributed by atoms with van der Waals surface area (Å²) in [6, 6.07) is 5.86. The number of imidazole rings is 1. The van der Waals surface area contributed by atoms with Crippen LogP contribution < -0.4 is 4.74 Å². The minimum atomic E-state index is -0.441. The molecule has 0 bridgehead atoms. The van der Waals surface area contributed by atoms with Gasteiger partial charge in [0, 0.05) is 25.6 Å². The molecule has 3 rings (SSSR count). The number of aromatic nitrogens is 2. The Morgan fingerprint density at radius 1 is 1.32 bits per heavy atom. The van der Waals surface area contributed by atoms with E-state index in [9.17, 15) is 4.79 Å². The Balaban J connectivity index is 1.56. The highest BCUT2D eigenvalue weighted by Crippen LogP contribution is 2.24. The molecular formula is C19H27N3O3. The number of hydrogen-bond acceptors (Lipinski definition) is 4. The summed E-state index contributed by atoms with van der Waals surface area (Å²) in [6.07, 6.45) is 2.64. The molecule has 1 amide bonds. The van der Waals surface area contributed by atoms with Gasteiger partial charge in [0.05, 0.1) is 18.1 Å². The van der Waals surface area contributed by atoms with Crippen LogP contribution in [0.4, 0.5) is 4.79 Å². The van der Waals surface area contributed by atoms with E-state index in [0.717, 1.165) is 55.0 Å². The second-order valence-corrected chi connectivity index (χ2v) is 7.68. The number of rotatable bonds is 3. The Labute approximate surface area is 148 Å². The van der Waals surface area contributed by atoms with Crippen molar-refractivity contribution >= 4 is 17.1 Å². The van der Waals surface area contributed by atoms with Crippen LogP contribution in [0.3, 0.4) is 0 Å². The molecule has 1 fully saturated rings. The van der Waals surface area contributed by atoms with Crippen molar-refractivity contribution in [3.05, 3.63) is 24.0 Å². The number of methoxy groups -OCH3 is 1. The highest BCUT2D eigenvalue weighted by Gasteiger charge is 2.27. The average Bonchev–Trinajstić information content (AvgIpc) is 2.95. The van der Waals surface area contributed by atoms with Gasteiger partial charge in [-0.25, -0.2) is 9.78 Å². The van der Waals surface area contributed by atoms with Crippen LogP contribution in [0.2, 0.25) is 0 Å². The van der Waals surface area contributed by atoms with Crippen molar-refractivity contribution in [1.82, 2.24) is 14.9 Å². The van der Waals surface area contributed by atoms with Gasteiger partial charge in [-0.2, -0.15) is 0 Å². The first-order valence-corrected chi connectivity index (χ1v) is 8.84. The fourth-order valence-electron chi connectivity index (χ4n) is 3.18. The van der Waals surface area contributed by atoms with Gasteiger partial charge in [0.15, 0.2) is 0 Å². The lowest BCUT2D eigenvalue weighted by atomic mass is 9.93. The lowest BCUT2D eigenvalue weighted by Gasteiger charge is -2.33. The molecule has 136 valence electrons. The van der Waals surface area contributed by atoms with E-state index in [-0.39, 0.29) is 6.09 Å². The normalized spacial score (nSPS) is 16.2. The van der Waals surface area contributed by atoms with E-state index in [2.05, 4.69) is 9.97 Å². The van der Waals surface area contributed by atoms with Gasteiger partial charge in [0.2, 0.25) is 0 Å². The number of nitrogens with one attached hydrogen (secondary N) is 1. The van der Waals surface area contributed by atoms with E-state index in [1.165, 1.54) is 0 Å². The second kappa shape index (κ2) is 6.94. The largest absolute Gasteiger partial charge is 0.497 e. The summed E-state index contributed by atoms with van der Waals surface area (Å²) in [5.74, 6) is 2.36. The highest BCUT2D eigenvalue weighted by molar-refractivity contribution is 5.76. The number of nitrogens with zero attached hydrogens (tertiary/aromatic N) is 2. The molecule has 1 aliphatic rings. The van der Waals surface area contributed by atoms with Crippen LogP contribution >= 0.6 is 0 Å². The van der Waals surface area contributed by atoms with Crippen LogP contribution in [0.1, 0.15) is 39.4 Å². The van der Waals surface area contributed by atoms with E-state index < -0.39 is 5.60 Å². The van der Waals surface area contributed by atoms with E-state index in [0.29, 0.717) is 5.92 Å². The Morgan fingerprint density at radius 3 is 2.68 bits per heavy atom. The monoisotopic (exact) mass is 345 g/mol. The quantitative estimate of drug-likeness (QED) is 0.920. The Kier molecular flexibility index (Phi) is 4.88. The van der Waals surface area contributed by atoms with Gasteiger partial charge in [0.1, 0.15) is 17.2 Å². The van der Waals surface area contributed by atoms with Gasteiger partial charge in [0.25, 0.3) is 0 Å². The van der Waals surface area contributed by atoms with Crippen LogP contribution in [0, 0.1) is 5.92 Å². The number of likely N-dealkylation sites (tertiary alicyclic amines) is 1. The first-order chi connectivity index (χ1) is 11.8. The van der Waals surface area contributed by atoms with E-state index in [1.807, 2.05) is 43.9 Å². The molecule has 0 atom stereocenters. The van der Waals surface area contributed by atoms with Crippen molar-refractivity contribution < 1.29 is 14.3 Å². The second-order valence-electron chi connectivity index (χ2n) is 7.68. The standard InChI is InChI=1S/C19H27N3O3/c1-19(2,3)25-18(23)22-9-7-13(8-10-22)11-17-20-15-6-5-14(24-4)12-16(15)21-17/h5-6,12-13H,7-11H2,1-4H3,(H,20,21). The molecule has 6 nitrogen and oxygen atoms in total.